The van der Waals surface area contributed by atoms with Gasteiger partial charge < -0.3 is 10.2 Å². The number of nitrogens with zero attached hydrogens (tertiary/aromatic N) is 1. The molecule has 2 saturated heterocycles. The highest BCUT2D eigenvalue weighted by atomic mass is 15.1. The molecule has 2 nitrogen and oxygen atoms in total. The molecule has 11 heavy (non-hydrogen) atoms. The van der Waals surface area contributed by atoms with Crippen LogP contribution in [0.4, 0.5) is 0 Å². The van der Waals surface area contributed by atoms with Gasteiger partial charge in [0, 0.05) is 18.1 Å². The Morgan fingerprint density at radius 1 is 1.09 bits per heavy atom. The third-order valence-corrected chi connectivity index (χ3v) is 3.18. The second-order valence-electron chi connectivity index (χ2n) is 4.23. The van der Waals surface area contributed by atoms with Crippen molar-refractivity contribution in [1.82, 2.24) is 10.2 Å². The van der Waals surface area contributed by atoms with Gasteiger partial charge in [-0.15, -0.1) is 0 Å². The molecule has 2 fully saturated rings. The van der Waals surface area contributed by atoms with E-state index in [9.17, 15) is 0 Å². The van der Waals surface area contributed by atoms with Crippen LogP contribution >= 0.6 is 0 Å². The topological polar surface area (TPSA) is 15.3 Å². The Hall–Kier alpha value is -0.0800. The van der Waals surface area contributed by atoms with Crippen LogP contribution in [-0.2, 0) is 0 Å². The van der Waals surface area contributed by atoms with E-state index in [0.717, 1.165) is 18.1 Å². The lowest BCUT2D eigenvalue weighted by Gasteiger charge is -2.33. The average Bonchev–Trinajstić information content (AvgIpc) is 2.30. The van der Waals surface area contributed by atoms with Crippen molar-refractivity contribution in [3.63, 3.8) is 0 Å². The van der Waals surface area contributed by atoms with Crippen LogP contribution in [0.1, 0.15) is 25.7 Å². The maximum atomic E-state index is 3.65. The number of rotatable bonds is 1. The van der Waals surface area contributed by atoms with Crippen LogP contribution in [-0.4, -0.2) is 37.1 Å². The van der Waals surface area contributed by atoms with E-state index in [-0.39, 0.29) is 0 Å². The molecule has 0 amide bonds. The van der Waals surface area contributed by atoms with Gasteiger partial charge in [0.2, 0.25) is 0 Å². The summed E-state index contributed by atoms with van der Waals surface area (Å²) < 4.78 is 0. The lowest BCUT2D eigenvalue weighted by atomic mass is 9.99. The molecule has 2 rings (SSSR count). The van der Waals surface area contributed by atoms with Crippen molar-refractivity contribution in [1.29, 1.82) is 0 Å². The molecule has 0 radical (unpaired) electrons. The van der Waals surface area contributed by atoms with E-state index in [1.165, 1.54) is 25.7 Å². The van der Waals surface area contributed by atoms with Crippen LogP contribution in [0.25, 0.3) is 0 Å². The highest BCUT2D eigenvalue weighted by Crippen LogP contribution is 2.28. The molecule has 0 aromatic heterocycles. The van der Waals surface area contributed by atoms with E-state index in [1.807, 2.05) is 0 Å². The summed E-state index contributed by atoms with van der Waals surface area (Å²) in [7, 11) is 4.41. The van der Waals surface area contributed by atoms with Gasteiger partial charge in [-0.3, -0.25) is 0 Å². The van der Waals surface area contributed by atoms with Crippen LogP contribution in [0.2, 0.25) is 0 Å². The molecule has 2 aliphatic rings. The molecule has 0 aliphatic carbocycles. The Bertz CT molecular complexity index is 132. The van der Waals surface area contributed by atoms with Crippen LogP contribution < -0.4 is 5.32 Å². The van der Waals surface area contributed by atoms with Crippen molar-refractivity contribution in [2.45, 2.75) is 43.8 Å². The average molecular weight is 154 g/mol. The van der Waals surface area contributed by atoms with Gasteiger partial charge in [-0.1, -0.05) is 0 Å². The number of fused-ring (bicyclic) bond motifs is 2. The smallest absolute Gasteiger partial charge is 0.0119 e. The van der Waals surface area contributed by atoms with Crippen molar-refractivity contribution in [3.05, 3.63) is 0 Å². The lowest BCUT2D eigenvalue weighted by Crippen LogP contribution is -2.45. The fourth-order valence-corrected chi connectivity index (χ4v) is 2.45. The van der Waals surface area contributed by atoms with Gasteiger partial charge in [0.25, 0.3) is 0 Å². The first-order chi connectivity index (χ1) is 5.25. The van der Waals surface area contributed by atoms with Gasteiger partial charge in [-0.05, 0) is 39.8 Å². The molecular formula is C9H18N2. The van der Waals surface area contributed by atoms with E-state index in [2.05, 4.69) is 24.3 Å². The van der Waals surface area contributed by atoms with Crippen molar-refractivity contribution >= 4 is 0 Å². The number of hydrogen-bond donors (Lipinski definition) is 1. The number of hydrogen-bond acceptors (Lipinski definition) is 2. The van der Waals surface area contributed by atoms with Crippen LogP contribution in [0.15, 0.2) is 0 Å². The van der Waals surface area contributed by atoms with E-state index in [0.29, 0.717) is 0 Å². The molecule has 2 atom stereocenters. The zero-order valence-electron chi connectivity index (χ0n) is 7.51. The lowest BCUT2D eigenvalue weighted by molar-refractivity contribution is 0.203. The molecule has 2 heteroatoms. The van der Waals surface area contributed by atoms with Crippen molar-refractivity contribution in [2.24, 2.45) is 0 Å². The zero-order chi connectivity index (χ0) is 7.84. The van der Waals surface area contributed by atoms with Crippen LogP contribution in [0, 0.1) is 0 Å². The third-order valence-electron chi connectivity index (χ3n) is 3.18. The molecule has 1 N–H and O–H groups in total. The Balaban J connectivity index is 1.97. The first-order valence-corrected chi connectivity index (χ1v) is 4.68. The Kier molecular flexibility index (Phi) is 1.90. The number of nitrogens with one attached hydrogen (secondary N) is 1. The van der Waals surface area contributed by atoms with Gasteiger partial charge in [0.15, 0.2) is 0 Å². The molecule has 0 aromatic carbocycles. The summed E-state index contributed by atoms with van der Waals surface area (Å²) >= 11 is 0. The predicted molar refractivity (Wildman–Crippen MR) is 46.7 cm³/mol. The zero-order valence-corrected chi connectivity index (χ0v) is 7.51. The maximum absolute atomic E-state index is 3.65. The van der Waals surface area contributed by atoms with E-state index in [1.54, 1.807) is 0 Å². The van der Waals surface area contributed by atoms with Crippen molar-refractivity contribution in [2.75, 3.05) is 14.1 Å². The summed E-state index contributed by atoms with van der Waals surface area (Å²) in [6.45, 7) is 0. The van der Waals surface area contributed by atoms with Gasteiger partial charge >= 0.3 is 0 Å². The molecule has 2 heterocycles. The maximum Gasteiger partial charge on any atom is 0.0119 e. The Morgan fingerprint density at radius 3 is 2.09 bits per heavy atom. The molecular weight excluding hydrogens is 136 g/mol. The molecule has 2 bridgehead atoms. The largest absolute Gasteiger partial charge is 0.311 e. The van der Waals surface area contributed by atoms with Crippen LogP contribution in [0.3, 0.4) is 0 Å². The van der Waals surface area contributed by atoms with E-state index < -0.39 is 0 Å². The quantitative estimate of drug-likeness (QED) is 0.602. The fourth-order valence-electron chi connectivity index (χ4n) is 2.45. The summed E-state index contributed by atoms with van der Waals surface area (Å²) in [5.74, 6) is 0. The molecule has 0 unspecified atom stereocenters. The minimum absolute atomic E-state index is 0.834. The van der Waals surface area contributed by atoms with E-state index in [4.69, 9.17) is 0 Å². The standard InChI is InChI=1S/C9H18N2/c1-11(2)9-5-7-3-4-8(6-9)10-7/h7-10H,3-6H2,1-2H3/t7-,8-/m0/s1. The molecule has 0 aromatic rings. The first kappa shape index (κ1) is 7.56. The molecule has 0 spiro atoms. The summed E-state index contributed by atoms with van der Waals surface area (Å²) in [5.41, 5.74) is 0. The second kappa shape index (κ2) is 2.76. The highest BCUT2D eigenvalue weighted by molar-refractivity contribution is 4.94. The SMILES string of the molecule is CN(C)C1C[C@@H]2CC[C@@H](C1)N2. The van der Waals surface area contributed by atoms with Gasteiger partial charge in [0.1, 0.15) is 0 Å². The summed E-state index contributed by atoms with van der Waals surface area (Å²) in [5, 5.41) is 3.65. The highest BCUT2D eigenvalue weighted by Gasteiger charge is 2.33. The summed E-state index contributed by atoms with van der Waals surface area (Å²) in [6.07, 6.45) is 5.55. The Morgan fingerprint density at radius 2 is 1.64 bits per heavy atom. The number of piperidine rings is 1. The molecule has 0 saturated carbocycles. The van der Waals surface area contributed by atoms with E-state index >= 15 is 0 Å². The second-order valence-corrected chi connectivity index (χ2v) is 4.23. The monoisotopic (exact) mass is 154 g/mol. The minimum Gasteiger partial charge on any atom is -0.311 e. The summed E-state index contributed by atoms with van der Waals surface area (Å²) in [4.78, 5) is 2.38. The predicted octanol–water partition coefficient (Wildman–Crippen LogP) is 0.831. The van der Waals surface area contributed by atoms with Gasteiger partial charge in [-0.2, -0.15) is 0 Å². The van der Waals surface area contributed by atoms with Crippen molar-refractivity contribution < 1.29 is 0 Å². The van der Waals surface area contributed by atoms with Gasteiger partial charge in [-0.25, -0.2) is 0 Å². The normalized spacial score (nSPS) is 43.4. The summed E-state index contributed by atoms with van der Waals surface area (Å²) in [6, 6.07) is 2.51. The van der Waals surface area contributed by atoms with Crippen molar-refractivity contribution in [3.8, 4) is 0 Å². The third kappa shape index (κ3) is 1.42. The molecule has 2 aliphatic heterocycles. The minimum atomic E-state index is 0.834. The Labute approximate surface area is 69.0 Å². The fraction of sp³-hybridized carbons (Fsp3) is 1.00. The van der Waals surface area contributed by atoms with Gasteiger partial charge in [0.05, 0.1) is 0 Å². The molecule has 64 valence electrons. The first-order valence-electron chi connectivity index (χ1n) is 4.68. The van der Waals surface area contributed by atoms with Crippen LogP contribution in [0.5, 0.6) is 0 Å².